The molecule has 21 heavy (non-hydrogen) atoms. The number of fused-ring (bicyclic) bond motifs is 1. The second kappa shape index (κ2) is 6.55. The zero-order chi connectivity index (χ0) is 14.5. The molecule has 0 fully saturated rings. The lowest BCUT2D eigenvalue weighted by molar-refractivity contribution is 0.171. The minimum Gasteiger partial charge on any atom is -0.486 e. The van der Waals surface area contributed by atoms with Crippen molar-refractivity contribution in [2.24, 2.45) is 0 Å². The summed E-state index contributed by atoms with van der Waals surface area (Å²) in [4.78, 5) is 1.09. The zero-order valence-corrected chi connectivity index (χ0v) is 12.3. The van der Waals surface area contributed by atoms with Gasteiger partial charge in [-0.15, -0.1) is 11.8 Å². The summed E-state index contributed by atoms with van der Waals surface area (Å²) in [5, 5.41) is 9.18. The van der Waals surface area contributed by atoms with Crippen LogP contribution in [0, 0.1) is 11.3 Å². The molecule has 1 unspecified atom stereocenters. The van der Waals surface area contributed by atoms with Crippen LogP contribution >= 0.6 is 11.8 Å². The molecular weight excluding hydrogens is 282 g/mol. The van der Waals surface area contributed by atoms with E-state index in [1.165, 1.54) is 5.56 Å². The minimum absolute atomic E-state index is 0.124. The molecule has 0 aromatic heterocycles. The number of benzene rings is 2. The Kier molecular flexibility index (Phi) is 4.32. The molecule has 106 valence electrons. The summed E-state index contributed by atoms with van der Waals surface area (Å²) in [7, 11) is 0. The highest BCUT2D eigenvalue weighted by Crippen LogP contribution is 2.41. The molecule has 4 heteroatoms. The van der Waals surface area contributed by atoms with Crippen LogP contribution in [0.1, 0.15) is 17.2 Å². The van der Waals surface area contributed by atoms with Crippen LogP contribution in [0.25, 0.3) is 0 Å². The third-order valence-corrected chi connectivity index (χ3v) is 4.49. The molecule has 0 saturated heterocycles. The average molecular weight is 297 g/mol. The van der Waals surface area contributed by atoms with E-state index in [2.05, 4.69) is 18.2 Å². The standard InChI is InChI=1S/C17H15NO2S/c18-9-8-17(13-4-2-1-3-5-13)21-14-6-7-15-16(12-14)20-11-10-19-15/h1-7,12,17H,8,10-11H2. The van der Waals surface area contributed by atoms with Crippen LogP contribution in [0.4, 0.5) is 0 Å². The van der Waals surface area contributed by atoms with Crippen molar-refractivity contribution in [2.75, 3.05) is 13.2 Å². The first-order valence-corrected chi connectivity index (χ1v) is 7.73. The Morgan fingerprint density at radius 1 is 1.05 bits per heavy atom. The van der Waals surface area contributed by atoms with Crippen molar-refractivity contribution in [2.45, 2.75) is 16.6 Å². The van der Waals surface area contributed by atoms with Crippen molar-refractivity contribution < 1.29 is 9.47 Å². The van der Waals surface area contributed by atoms with Gasteiger partial charge in [0.2, 0.25) is 0 Å². The van der Waals surface area contributed by atoms with E-state index >= 15 is 0 Å². The number of rotatable bonds is 4. The Morgan fingerprint density at radius 3 is 2.57 bits per heavy atom. The van der Waals surface area contributed by atoms with E-state index in [1.807, 2.05) is 36.4 Å². The highest BCUT2D eigenvalue weighted by atomic mass is 32.2. The first-order chi connectivity index (χ1) is 10.4. The normalized spacial score (nSPS) is 14.2. The topological polar surface area (TPSA) is 42.2 Å². The van der Waals surface area contributed by atoms with Gasteiger partial charge in [0.1, 0.15) is 13.2 Å². The van der Waals surface area contributed by atoms with Crippen molar-refractivity contribution in [1.29, 1.82) is 5.26 Å². The first-order valence-electron chi connectivity index (χ1n) is 6.85. The molecule has 0 saturated carbocycles. The van der Waals surface area contributed by atoms with Crippen molar-refractivity contribution in [3.05, 3.63) is 54.1 Å². The first kappa shape index (κ1) is 13.8. The summed E-state index contributed by atoms with van der Waals surface area (Å²) >= 11 is 1.68. The predicted octanol–water partition coefficient (Wildman–Crippen LogP) is 4.20. The maximum atomic E-state index is 9.06. The highest BCUT2D eigenvalue weighted by Gasteiger charge is 2.16. The van der Waals surface area contributed by atoms with Gasteiger partial charge in [-0.25, -0.2) is 0 Å². The summed E-state index contributed by atoms with van der Waals surface area (Å²) in [6.45, 7) is 1.18. The van der Waals surface area contributed by atoms with Crippen LogP contribution in [0.3, 0.4) is 0 Å². The summed E-state index contributed by atoms with van der Waals surface area (Å²) in [6.07, 6.45) is 0.475. The van der Waals surface area contributed by atoms with E-state index in [1.54, 1.807) is 11.8 Å². The monoisotopic (exact) mass is 297 g/mol. The Hall–Kier alpha value is -2.12. The molecule has 0 bridgehead atoms. The molecule has 2 aromatic rings. The van der Waals surface area contributed by atoms with Gasteiger partial charge in [0, 0.05) is 10.1 Å². The predicted molar refractivity (Wildman–Crippen MR) is 82.7 cm³/mol. The smallest absolute Gasteiger partial charge is 0.162 e. The van der Waals surface area contributed by atoms with Crippen LogP contribution in [-0.4, -0.2) is 13.2 Å². The summed E-state index contributed by atoms with van der Waals surface area (Å²) < 4.78 is 11.1. The van der Waals surface area contributed by atoms with Gasteiger partial charge in [0.25, 0.3) is 0 Å². The molecule has 2 aromatic carbocycles. The van der Waals surface area contributed by atoms with E-state index in [0.717, 1.165) is 16.4 Å². The summed E-state index contributed by atoms with van der Waals surface area (Å²) in [5.74, 6) is 1.58. The maximum absolute atomic E-state index is 9.06. The highest BCUT2D eigenvalue weighted by molar-refractivity contribution is 7.99. The molecule has 1 atom stereocenters. The van der Waals surface area contributed by atoms with E-state index in [0.29, 0.717) is 19.6 Å². The van der Waals surface area contributed by atoms with Gasteiger partial charge in [-0.3, -0.25) is 0 Å². The number of nitriles is 1. The van der Waals surface area contributed by atoms with Gasteiger partial charge >= 0.3 is 0 Å². The molecule has 3 nitrogen and oxygen atoms in total. The van der Waals surface area contributed by atoms with Crippen LogP contribution in [-0.2, 0) is 0 Å². The minimum atomic E-state index is 0.124. The summed E-state index contributed by atoms with van der Waals surface area (Å²) in [6, 6.07) is 18.3. The number of nitrogens with zero attached hydrogens (tertiary/aromatic N) is 1. The fourth-order valence-corrected chi connectivity index (χ4v) is 3.34. The van der Waals surface area contributed by atoms with Gasteiger partial charge in [-0.2, -0.15) is 5.26 Å². The van der Waals surface area contributed by atoms with Crippen molar-refractivity contribution >= 4 is 11.8 Å². The van der Waals surface area contributed by atoms with Gasteiger partial charge in [-0.05, 0) is 23.8 Å². The molecule has 0 N–H and O–H groups in total. The maximum Gasteiger partial charge on any atom is 0.162 e. The molecule has 1 heterocycles. The van der Waals surface area contributed by atoms with Crippen molar-refractivity contribution in [1.82, 2.24) is 0 Å². The molecule has 1 aliphatic heterocycles. The number of ether oxygens (including phenoxy) is 2. The quantitative estimate of drug-likeness (QED) is 0.793. The van der Waals surface area contributed by atoms with Gasteiger partial charge in [-0.1, -0.05) is 30.3 Å². The number of hydrogen-bond acceptors (Lipinski definition) is 4. The molecule has 0 amide bonds. The molecule has 0 spiro atoms. The second-order valence-electron chi connectivity index (χ2n) is 4.68. The fourth-order valence-electron chi connectivity index (χ4n) is 2.24. The van der Waals surface area contributed by atoms with Crippen LogP contribution in [0.5, 0.6) is 11.5 Å². The fraction of sp³-hybridized carbons (Fsp3) is 0.235. The van der Waals surface area contributed by atoms with E-state index < -0.39 is 0 Å². The Bertz CT molecular complexity index is 652. The van der Waals surface area contributed by atoms with Crippen molar-refractivity contribution in [3.8, 4) is 17.6 Å². The van der Waals surface area contributed by atoms with Gasteiger partial charge < -0.3 is 9.47 Å². The van der Waals surface area contributed by atoms with E-state index in [-0.39, 0.29) is 5.25 Å². The number of hydrogen-bond donors (Lipinski definition) is 0. The Labute approximate surface area is 128 Å². The third kappa shape index (κ3) is 3.32. The van der Waals surface area contributed by atoms with E-state index in [4.69, 9.17) is 14.7 Å². The molecule has 0 radical (unpaired) electrons. The SMILES string of the molecule is N#CCC(Sc1ccc2c(c1)OCCO2)c1ccccc1. The van der Waals surface area contributed by atoms with Gasteiger partial charge in [0.15, 0.2) is 11.5 Å². The lowest BCUT2D eigenvalue weighted by atomic mass is 10.1. The number of thioether (sulfide) groups is 1. The van der Waals surface area contributed by atoms with Crippen LogP contribution in [0.15, 0.2) is 53.4 Å². The Balaban J connectivity index is 1.81. The third-order valence-electron chi connectivity index (χ3n) is 3.24. The van der Waals surface area contributed by atoms with Crippen LogP contribution < -0.4 is 9.47 Å². The van der Waals surface area contributed by atoms with Gasteiger partial charge in [0.05, 0.1) is 12.5 Å². The van der Waals surface area contributed by atoms with Crippen molar-refractivity contribution in [3.63, 3.8) is 0 Å². The zero-order valence-electron chi connectivity index (χ0n) is 11.5. The average Bonchev–Trinajstić information content (AvgIpc) is 2.55. The molecular formula is C17H15NO2S. The Morgan fingerprint density at radius 2 is 1.81 bits per heavy atom. The second-order valence-corrected chi connectivity index (χ2v) is 5.96. The molecule has 3 rings (SSSR count). The van der Waals surface area contributed by atoms with E-state index in [9.17, 15) is 0 Å². The lowest BCUT2D eigenvalue weighted by Gasteiger charge is -2.20. The molecule has 0 aliphatic carbocycles. The largest absolute Gasteiger partial charge is 0.486 e. The lowest BCUT2D eigenvalue weighted by Crippen LogP contribution is -2.15. The molecule has 1 aliphatic rings. The van der Waals surface area contributed by atoms with Crippen LogP contribution in [0.2, 0.25) is 0 Å². The summed E-state index contributed by atoms with van der Waals surface area (Å²) in [5.41, 5.74) is 1.17.